The molecule has 6 N–H and O–H groups in total. The van der Waals surface area contributed by atoms with Crippen LogP contribution in [0.5, 0.6) is 0 Å². The molecule has 1 aliphatic rings. The molecule has 0 spiro atoms. The third-order valence-electron chi connectivity index (χ3n) is 7.46. The van der Waals surface area contributed by atoms with Crippen LogP contribution < -0.4 is 16.4 Å². The van der Waals surface area contributed by atoms with Gasteiger partial charge in [0, 0.05) is 64.0 Å². The van der Waals surface area contributed by atoms with Crippen LogP contribution in [0.1, 0.15) is 24.4 Å². The lowest BCUT2D eigenvalue weighted by Crippen LogP contribution is -2.40. The normalized spacial score (nSPS) is 17.4. The number of piperidine rings is 1. The Bertz CT molecular complexity index is 1850. The molecule has 0 radical (unpaired) electrons. The van der Waals surface area contributed by atoms with E-state index in [4.69, 9.17) is 33.9 Å². The minimum absolute atomic E-state index is 0.183. The lowest BCUT2D eigenvalue weighted by Gasteiger charge is -2.31. The van der Waals surface area contributed by atoms with Gasteiger partial charge in [-0.3, -0.25) is 0 Å². The Labute approximate surface area is 239 Å². The zero-order valence-corrected chi connectivity index (χ0v) is 22.8. The first-order valence-corrected chi connectivity index (χ1v) is 13.8. The Morgan fingerprint density at radius 3 is 2.35 bits per heavy atom. The minimum Gasteiger partial charge on any atom is -0.368 e. The number of para-hydroxylation sites is 1. The molecule has 1 fully saturated rings. The fourth-order valence-corrected chi connectivity index (χ4v) is 5.85. The van der Waals surface area contributed by atoms with Gasteiger partial charge in [-0.05, 0) is 36.6 Å². The van der Waals surface area contributed by atoms with Crippen molar-refractivity contribution in [2.75, 3.05) is 17.6 Å². The van der Waals surface area contributed by atoms with E-state index in [-0.39, 0.29) is 18.0 Å². The number of rotatable bonds is 5. The molecule has 6 aromatic rings. The Morgan fingerprint density at radius 2 is 1.55 bits per heavy atom. The number of benzene rings is 2. The summed E-state index contributed by atoms with van der Waals surface area (Å²) in [6.45, 7) is 0.769. The molecule has 4 aromatic heterocycles. The number of aromatic nitrogens is 6. The van der Waals surface area contributed by atoms with Crippen molar-refractivity contribution in [1.29, 1.82) is 0 Å². The van der Waals surface area contributed by atoms with Gasteiger partial charge in [-0.15, -0.1) is 0 Å². The van der Waals surface area contributed by atoms with Gasteiger partial charge in [-0.2, -0.15) is 0 Å². The van der Waals surface area contributed by atoms with Crippen molar-refractivity contribution in [2.45, 2.75) is 24.9 Å². The molecule has 11 heteroatoms. The minimum atomic E-state index is 0.183. The van der Waals surface area contributed by atoms with E-state index in [1.165, 1.54) is 11.8 Å². The highest BCUT2D eigenvalue weighted by atomic mass is 35.5. The van der Waals surface area contributed by atoms with Gasteiger partial charge in [0.1, 0.15) is 0 Å². The van der Waals surface area contributed by atoms with Gasteiger partial charge in [-0.1, -0.05) is 47.5 Å². The van der Waals surface area contributed by atoms with Crippen LogP contribution in [0.15, 0.2) is 67.3 Å². The van der Waals surface area contributed by atoms with Crippen LogP contribution in [0.2, 0.25) is 10.0 Å². The quantitative estimate of drug-likeness (QED) is 0.163. The first kappa shape index (κ1) is 24.8. The smallest absolute Gasteiger partial charge is 0.223 e. The van der Waals surface area contributed by atoms with Gasteiger partial charge >= 0.3 is 0 Å². The summed E-state index contributed by atoms with van der Waals surface area (Å²) in [4.78, 5) is 24.2. The number of anilines is 2. The molecule has 40 heavy (non-hydrogen) atoms. The van der Waals surface area contributed by atoms with E-state index in [0.29, 0.717) is 27.4 Å². The third-order valence-corrected chi connectivity index (χ3v) is 8.02. The molecule has 0 amide bonds. The molecule has 1 saturated heterocycles. The van der Waals surface area contributed by atoms with Gasteiger partial charge in [0.25, 0.3) is 0 Å². The van der Waals surface area contributed by atoms with Crippen LogP contribution in [0, 0.1) is 0 Å². The van der Waals surface area contributed by atoms with Gasteiger partial charge in [0.2, 0.25) is 11.9 Å². The maximum atomic E-state index is 6.52. The summed E-state index contributed by atoms with van der Waals surface area (Å²) >= 11 is 12.9. The first-order chi connectivity index (χ1) is 19.5. The molecule has 1 aliphatic heterocycles. The Balaban J connectivity index is 1.08. The molecule has 2 atom stereocenters. The van der Waals surface area contributed by atoms with Crippen LogP contribution in [0.25, 0.3) is 44.3 Å². The zero-order valence-electron chi connectivity index (χ0n) is 21.2. The summed E-state index contributed by atoms with van der Waals surface area (Å²) in [7, 11) is 0. The number of halogens is 2. The van der Waals surface area contributed by atoms with Crippen LogP contribution in [0.4, 0.5) is 11.9 Å². The Hall–Kier alpha value is -4.18. The summed E-state index contributed by atoms with van der Waals surface area (Å²) in [6.07, 6.45) is 8.95. The van der Waals surface area contributed by atoms with Crippen LogP contribution >= 0.6 is 23.2 Å². The van der Waals surface area contributed by atoms with Gasteiger partial charge in [0.05, 0.1) is 33.8 Å². The van der Waals surface area contributed by atoms with E-state index < -0.39 is 0 Å². The number of nitrogens with one attached hydrogen (secondary N) is 4. The number of H-pyrrole nitrogens is 2. The highest BCUT2D eigenvalue weighted by Crippen LogP contribution is 2.35. The largest absolute Gasteiger partial charge is 0.368 e. The Kier molecular flexibility index (Phi) is 6.27. The highest BCUT2D eigenvalue weighted by Gasteiger charge is 2.24. The number of fused-ring (bicyclic) bond motifs is 2. The summed E-state index contributed by atoms with van der Waals surface area (Å²) in [5.41, 5.74) is 12.3. The molecule has 0 saturated carbocycles. The number of hydrogen-bond acceptors (Lipinski definition) is 7. The molecule has 9 nitrogen and oxygen atoms in total. The SMILES string of the molecule is Nc1ncc(Cl)c(-c2c[nH]c3ccc(C4CC[C@@H](Nc5ncc(Cl)c(-c6c[nH]c7ccccc67)n5)CN4)cc23)n1. The predicted molar refractivity (Wildman–Crippen MR) is 160 cm³/mol. The molecule has 200 valence electrons. The van der Waals surface area contributed by atoms with E-state index in [1.807, 2.05) is 30.6 Å². The van der Waals surface area contributed by atoms with Crippen molar-refractivity contribution in [1.82, 2.24) is 35.2 Å². The van der Waals surface area contributed by atoms with Crippen molar-refractivity contribution in [3.05, 3.63) is 82.9 Å². The maximum absolute atomic E-state index is 6.52. The second-order valence-corrected chi connectivity index (χ2v) is 10.8. The number of aromatic amines is 2. The monoisotopic (exact) mass is 569 g/mol. The number of nitrogens with zero attached hydrogens (tertiary/aromatic N) is 4. The number of nitrogen functional groups attached to an aromatic ring is 1. The average Bonchev–Trinajstić information content (AvgIpc) is 3.60. The number of nitrogens with two attached hydrogens (primary N) is 1. The zero-order chi connectivity index (χ0) is 27.2. The molecule has 7 rings (SSSR count). The fraction of sp³-hybridized carbons (Fsp3) is 0.172. The van der Waals surface area contributed by atoms with Crippen LogP contribution in [-0.2, 0) is 0 Å². The van der Waals surface area contributed by atoms with Gasteiger partial charge < -0.3 is 26.3 Å². The van der Waals surface area contributed by atoms with E-state index in [9.17, 15) is 0 Å². The summed E-state index contributed by atoms with van der Waals surface area (Å²) < 4.78 is 0. The van der Waals surface area contributed by atoms with Crippen LogP contribution in [-0.4, -0.2) is 42.5 Å². The molecular formula is C29H25Cl2N9. The molecule has 5 heterocycles. The summed E-state index contributed by atoms with van der Waals surface area (Å²) in [5.74, 6) is 0.755. The molecule has 0 aliphatic carbocycles. The predicted octanol–water partition coefficient (Wildman–Crippen LogP) is 6.36. The third kappa shape index (κ3) is 4.52. The molecule has 2 aromatic carbocycles. The van der Waals surface area contributed by atoms with Crippen LogP contribution in [0.3, 0.4) is 0 Å². The second-order valence-electron chi connectivity index (χ2n) is 9.95. The van der Waals surface area contributed by atoms with E-state index in [2.05, 4.69) is 59.8 Å². The summed E-state index contributed by atoms with van der Waals surface area (Å²) in [6, 6.07) is 14.9. The van der Waals surface area contributed by atoms with Gasteiger partial charge in [-0.25, -0.2) is 19.9 Å². The lowest BCUT2D eigenvalue weighted by atomic mass is 9.93. The molecular weight excluding hydrogens is 545 g/mol. The van der Waals surface area contributed by atoms with Crippen molar-refractivity contribution in [2.24, 2.45) is 0 Å². The van der Waals surface area contributed by atoms with E-state index in [0.717, 1.165) is 52.3 Å². The van der Waals surface area contributed by atoms with Crippen molar-refractivity contribution in [3.63, 3.8) is 0 Å². The van der Waals surface area contributed by atoms with Crippen molar-refractivity contribution < 1.29 is 0 Å². The highest BCUT2D eigenvalue weighted by molar-refractivity contribution is 6.33. The van der Waals surface area contributed by atoms with E-state index in [1.54, 1.807) is 6.20 Å². The van der Waals surface area contributed by atoms with Crippen molar-refractivity contribution >= 4 is 56.9 Å². The standard InChI is InChI=1S/C29H25Cl2N9/c30-21-13-36-28(32)39-26(21)20-12-35-25-7-5-15(9-18(20)25)23-8-6-16(10-33-23)38-29-37-14-22(31)27(40-29)19-11-34-24-4-2-1-3-17(19)24/h1-5,7,9,11-14,16,23,33-35H,6,8,10H2,(H2,32,36,39)(H,37,38,40)/t16-,23?/m1/s1. The summed E-state index contributed by atoms with van der Waals surface area (Å²) in [5, 5.41) is 10.3. The van der Waals surface area contributed by atoms with Crippen molar-refractivity contribution in [3.8, 4) is 22.5 Å². The number of hydrogen-bond donors (Lipinski definition) is 5. The fourth-order valence-electron chi connectivity index (χ4n) is 5.46. The average molecular weight is 570 g/mol. The molecule has 1 unspecified atom stereocenters. The second kappa shape index (κ2) is 10.1. The lowest BCUT2D eigenvalue weighted by molar-refractivity contribution is 0.386. The maximum Gasteiger partial charge on any atom is 0.223 e. The molecule has 0 bridgehead atoms. The Morgan fingerprint density at radius 1 is 0.825 bits per heavy atom. The topological polar surface area (TPSA) is 133 Å². The first-order valence-electron chi connectivity index (χ1n) is 13.0. The van der Waals surface area contributed by atoms with E-state index >= 15 is 0 Å². The van der Waals surface area contributed by atoms with Gasteiger partial charge in [0.15, 0.2) is 0 Å².